The first-order valence-corrected chi connectivity index (χ1v) is 7.89. The van der Waals surface area contributed by atoms with E-state index in [1.165, 1.54) is 17.7 Å². The number of rotatable bonds is 4. The highest BCUT2D eigenvalue weighted by Gasteiger charge is 2.25. The van der Waals surface area contributed by atoms with E-state index < -0.39 is 0 Å². The molecule has 2 aromatic carbocycles. The highest BCUT2D eigenvalue weighted by molar-refractivity contribution is 9.10. The zero-order valence-corrected chi connectivity index (χ0v) is 14.2. The SMILES string of the molecule is CC(C)(C)C(NCc1ccccc1Br)c1ccc(F)cc1. The third-order valence-electron chi connectivity index (χ3n) is 3.52. The van der Waals surface area contributed by atoms with E-state index in [2.05, 4.69) is 48.1 Å². The molecule has 112 valence electrons. The smallest absolute Gasteiger partial charge is 0.123 e. The predicted molar refractivity (Wildman–Crippen MR) is 89.6 cm³/mol. The third kappa shape index (κ3) is 4.39. The summed E-state index contributed by atoms with van der Waals surface area (Å²) in [6.07, 6.45) is 0. The van der Waals surface area contributed by atoms with Gasteiger partial charge in [-0.05, 0) is 34.7 Å². The average Bonchev–Trinajstić information content (AvgIpc) is 2.41. The minimum absolute atomic E-state index is 0.0408. The van der Waals surface area contributed by atoms with E-state index >= 15 is 0 Å². The van der Waals surface area contributed by atoms with Crippen molar-refractivity contribution < 1.29 is 4.39 Å². The Labute approximate surface area is 134 Å². The summed E-state index contributed by atoms with van der Waals surface area (Å²) >= 11 is 3.57. The molecule has 0 saturated carbocycles. The monoisotopic (exact) mass is 349 g/mol. The van der Waals surface area contributed by atoms with E-state index in [-0.39, 0.29) is 17.3 Å². The molecular formula is C18H21BrFN. The largest absolute Gasteiger partial charge is 0.305 e. The van der Waals surface area contributed by atoms with Gasteiger partial charge in [0.15, 0.2) is 0 Å². The molecule has 2 aromatic rings. The minimum atomic E-state index is -0.197. The summed E-state index contributed by atoms with van der Waals surface area (Å²) < 4.78 is 14.2. The quantitative estimate of drug-likeness (QED) is 0.772. The first-order chi connectivity index (χ1) is 9.88. The number of hydrogen-bond acceptors (Lipinski definition) is 1. The lowest BCUT2D eigenvalue weighted by atomic mass is 9.82. The zero-order valence-electron chi connectivity index (χ0n) is 12.7. The van der Waals surface area contributed by atoms with Gasteiger partial charge in [-0.1, -0.05) is 67.0 Å². The van der Waals surface area contributed by atoms with Crippen LogP contribution in [0.15, 0.2) is 53.0 Å². The zero-order chi connectivity index (χ0) is 15.5. The molecule has 0 radical (unpaired) electrons. The average molecular weight is 350 g/mol. The van der Waals surface area contributed by atoms with Crippen LogP contribution in [0.5, 0.6) is 0 Å². The molecule has 0 heterocycles. The lowest BCUT2D eigenvalue weighted by molar-refractivity contribution is 0.270. The van der Waals surface area contributed by atoms with Gasteiger partial charge in [0.1, 0.15) is 5.82 Å². The molecule has 0 amide bonds. The molecular weight excluding hydrogens is 329 g/mol. The molecule has 0 fully saturated rings. The predicted octanol–water partition coefficient (Wildman–Crippen LogP) is 5.47. The molecule has 0 saturated heterocycles. The van der Waals surface area contributed by atoms with Crippen LogP contribution >= 0.6 is 15.9 Å². The Morgan fingerprint density at radius 2 is 1.67 bits per heavy atom. The van der Waals surface area contributed by atoms with Gasteiger partial charge in [-0.25, -0.2) is 4.39 Å². The fraction of sp³-hybridized carbons (Fsp3) is 0.333. The molecule has 0 spiro atoms. The Hall–Kier alpha value is -1.19. The first kappa shape index (κ1) is 16.2. The molecule has 3 heteroatoms. The van der Waals surface area contributed by atoms with Crippen LogP contribution in [-0.4, -0.2) is 0 Å². The second kappa shape index (κ2) is 6.71. The van der Waals surface area contributed by atoms with Crippen LogP contribution in [0, 0.1) is 11.2 Å². The lowest BCUT2D eigenvalue weighted by Crippen LogP contribution is -2.32. The van der Waals surface area contributed by atoms with Crippen LogP contribution in [-0.2, 0) is 6.54 Å². The van der Waals surface area contributed by atoms with Gasteiger partial charge in [0.05, 0.1) is 0 Å². The van der Waals surface area contributed by atoms with E-state index in [9.17, 15) is 4.39 Å². The Kier molecular flexibility index (Phi) is 5.17. The molecule has 2 rings (SSSR count). The van der Waals surface area contributed by atoms with Crippen LogP contribution in [0.1, 0.15) is 37.9 Å². The van der Waals surface area contributed by atoms with Gasteiger partial charge in [0.2, 0.25) is 0 Å². The van der Waals surface area contributed by atoms with Gasteiger partial charge < -0.3 is 5.32 Å². The van der Waals surface area contributed by atoms with Gasteiger partial charge in [0, 0.05) is 17.1 Å². The molecule has 1 atom stereocenters. The van der Waals surface area contributed by atoms with Gasteiger partial charge in [-0.2, -0.15) is 0 Å². The molecule has 0 aliphatic heterocycles. The molecule has 1 nitrogen and oxygen atoms in total. The maximum Gasteiger partial charge on any atom is 0.123 e. The van der Waals surface area contributed by atoms with Crippen molar-refractivity contribution in [2.75, 3.05) is 0 Å². The van der Waals surface area contributed by atoms with Crippen LogP contribution in [0.4, 0.5) is 4.39 Å². The van der Waals surface area contributed by atoms with Crippen molar-refractivity contribution in [3.05, 3.63) is 69.9 Å². The van der Waals surface area contributed by atoms with Gasteiger partial charge in [-0.15, -0.1) is 0 Å². The van der Waals surface area contributed by atoms with E-state index in [0.717, 1.165) is 16.6 Å². The summed E-state index contributed by atoms with van der Waals surface area (Å²) in [5, 5.41) is 3.60. The Morgan fingerprint density at radius 1 is 1.05 bits per heavy atom. The maximum atomic E-state index is 13.1. The van der Waals surface area contributed by atoms with E-state index in [1.807, 2.05) is 30.3 Å². The van der Waals surface area contributed by atoms with E-state index in [1.54, 1.807) is 0 Å². The second-order valence-electron chi connectivity index (χ2n) is 6.32. The van der Waals surface area contributed by atoms with Crippen molar-refractivity contribution in [2.45, 2.75) is 33.4 Å². The molecule has 1 N–H and O–H groups in total. The van der Waals surface area contributed by atoms with Crippen molar-refractivity contribution >= 4 is 15.9 Å². The molecule has 0 aliphatic carbocycles. The minimum Gasteiger partial charge on any atom is -0.305 e. The fourth-order valence-corrected chi connectivity index (χ4v) is 2.86. The van der Waals surface area contributed by atoms with Gasteiger partial charge >= 0.3 is 0 Å². The third-order valence-corrected chi connectivity index (χ3v) is 4.30. The van der Waals surface area contributed by atoms with Crippen LogP contribution in [0.2, 0.25) is 0 Å². The summed E-state index contributed by atoms with van der Waals surface area (Å²) in [7, 11) is 0. The van der Waals surface area contributed by atoms with Crippen LogP contribution in [0.3, 0.4) is 0 Å². The number of hydrogen-bond donors (Lipinski definition) is 1. The van der Waals surface area contributed by atoms with Crippen molar-refractivity contribution in [3.63, 3.8) is 0 Å². The van der Waals surface area contributed by atoms with Crippen molar-refractivity contribution in [2.24, 2.45) is 5.41 Å². The van der Waals surface area contributed by atoms with Crippen molar-refractivity contribution in [3.8, 4) is 0 Å². The first-order valence-electron chi connectivity index (χ1n) is 7.10. The highest BCUT2D eigenvalue weighted by atomic mass is 79.9. The fourth-order valence-electron chi connectivity index (χ4n) is 2.43. The normalized spacial score (nSPS) is 13.2. The second-order valence-corrected chi connectivity index (χ2v) is 7.18. The van der Waals surface area contributed by atoms with Gasteiger partial charge in [-0.3, -0.25) is 0 Å². The summed E-state index contributed by atoms with van der Waals surface area (Å²) in [5.74, 6) is -0.197. The summed E-state index contributed by atoms with van der Waals surface area (Å²) in [6.45, 7) is 7.33. The maximum absolute atomic E-state index is 13.1. The van der Waals surface area contributed by atoms with Crippen LogP contribution < -0.4 is 5.32 Å². The number of benzene rings is 2. The summed E-state index contributed by atoms with van der Waals surface area (Å²) in [4.78, 5) is 0. The Bertz CT molecular complexity index is 587. The number of nitrogens with one attached hydrogen (secondary N) is 1. The summed E-state index contributed by atoms with van der Waals surface area (Å²) in [6, 6.07) is 15.1. The molecule has 0 bridgehead atoms. The van der Waals surface area contributed by atoms with E-state index in [4.69, 9.17) is 0 Å². The molecule has 21 heavy (non-hydrogen) atoms. The molecule has 1 unspecified atom stereocenters. The molecule has 0 aromatic heterocycles. The highest BCUT2D eigenvalue weighted by Crippen LogP contribution is 2.33. The molecule has 0 aliphatic rings. The Balaban J connectivity index is 2.18. The van der Waals surface area contributed by atoms with Crippen LogP contribution in [0.25, 0.3) is 0 Å². The topological polar surface area (TPSA) is 12.0 Å². The van der Waals surface area contributed by atoms with E-state index in [0.29, 0.717) is 0 Å². The van der Waals surface area contributed by atoms with Crippen molar-refractivity contribution in [1.82, 2.24) is 5.32 Å². The lowest BCUT2D eigenvalue weighted by Gasteiger charge is -2.32. The Morgan fingerprint density at radius 3 is 2.24 bits per heavy atom. The standard InChI is InChI=1S/C18H21BrFN/c1-18(2,3)17(13-8-10-15(20)11-9-13)21-12-14-6-4-5-7-16(14)19/h4-11,17,21H,12H2,1-3H3. The van der Waals surface area contributed by atoms with Gasteiger partial charge in [0.25, 0.3) is 0 Å². The number of halogens is 2. The summed E-state index contributed by atoms with van der Waals surface area (Å²) in [5.41, 5.74) is 2.36. The van der Waals surface area contributed by atoms with Crippen molar-refractivity contribution in [1.29, 1.82) is 0 Å².